The number of carbonyl (C=O) groups is 2. The van der Waals surface area contributed by atoms with Crippen LogP contribution in [0.3, 0.4) is 0 Å². The van der Waals surface area contributed by atoms with Crippen LogP contribution in [0.2, 0.25) is 0 Å². The van der Waals surface area contributed by atoms with Gasteiger partial charge in [0.2, 0.25) is 5.91 Å². The molecule has 0 saturated heterocycles. The van der Waals surface area contributed by atoms with Crippen molar-refractivity contribution in [2.45, 2.75) is 45.4 Å². The molecule has 0 fully saturated rings. The third-order valence-electron chi connectivity index (χ3n) is 1.87. The molecule has 14 heavy (non-hydrogen) atoms. The molecule has 0 spiro atoms. The molecular weight excluding hydrogens is 178 g/mol. The Hall–Kier alpha value is -1.12. The summed E-state index contributed by atoms with van der Waals surface area (Å²) in [6.07, 6.45) is 8.86. The van der Waals surface area contributed by atoms with Gasteiger partial charge < -0.3 is 5.73 Å². The summed E-state index contributed by atoms with van der Waals surface area (Å²) in [7, 11) is 0. The molecule has 0 saturated carbocycles. The van der Waals surface area contributed by atoms with Gasteiger partial charge in [-0.15, -0.1) is 0 Å². The smallest absolute Gasteiger partial charge is 0.217 e. The van der Waals surface area contributed by atoms with Gasteiger partial charge in [-0.05, 0) is 26.2 Å². The normalized spacial score (nSPS) is 10.6. The molecule has 0 aromatic rings. The zero-order chi connectivity index (χ0) is 10.8. The fourth-order valence-electron chi connectivity index (χ4n) is 1.11. The van der Waals surface area contributed by atoms with Crippen LogP contribution >= 0.6 is 0 Å². The van der Waals surface area contributed by atoms with Crippen LogP contribution in [-0.2, 0) is 9.59 Å². The van der Waals surface area contributed by atoms with Crippen LogP contribution in [0.1, 0.15) is 45.4 Å². The SMILES string of the molecule is CC(=O)CC=CCCCCCC(N)=O. The third-order valence-corrected chi connectivity index (χ3v) is 1.87. The molecule has 2 N–H and O–H groups in total. The molecule has 0 unspecified atom stereocenters. The Morgan fingerprint density at radius 2 is 1.86 bits per heavy atom. The molecule has 0 aliphatic rings. The van der Waals surface area contributed by atoms with Crippen LogP contribution in [-0.4, -0.2) is 11.7 Å². The molecule has 0 aromatic carbocycles. The van der Waals surface area contributed by atoms with Gasteiger partial charge in [-0.3, -0.25) is 9.59 Å². The lowest BCUT2D eigenvalue weighted by molar-refractivity contribution is -0.118. The number of nitrogens with two attached hydrogens (primary N) is 1. The summed E-state index contributed by atoms with van der Waals surface area (Å²) in [4.78, 5) is 20.9. The van der Waals surface area contributed by atoms with E-state index in [4.69, 9.17) is 5.73 Å². The van der Waals surface area contributed by atoms with Crippen LogP contribution in [0.4, 0.5) is 0 Å². The minimum Gasteiger partial charge on any atom is -0.370 e. The first kappa shape index (κ1) is 12.9. The van der Waals surface area contributed by atoms with E-state index in [2.05, 4.69) is 0 Å². The Bertz CT molecular complexity index is 209. The predicted molar refractivity (Wildman–Crippen MR) is 56.7 cm³/mol. The van der Waals surface area contributed by atoms with Crippen molar-refractivity contribution in [2.75, 3.05) is 0 Å². The van der Waals surface area contributed by atoms with Crippen molar-refractivity contribution in [1.29, 1.82) is 0 Å². The summed E-state index contributed by atoms with van der Waals surface area (Å²) in [5.41, 5.74) is 5.00. The minimum atomic E-state index is -0.225. The summed E-state index contributed by atoms with van der Waals surface area (Å²) in [6.45, 7) is 1.58. The van der Waals surface area contributed by atoms with Gasteiger partial charge in [0.25, 0.3) is 0 Å². The largest absolute Gasteiger partial charge is 0.370 e. The van der Waals surface area contributed by atoms with E-state index >= 15 is 0 Å². The highest BCUT2D eigenvalue weighted by atomic mass is 16.1. The number of allylic oxidation sites excluding steroid dienone is 2. The van der Waals surface area contributed by atoms with Crippen molar-refractivity contribution in [2.24, 2.45) is 5.73 Å². The van der Waals surface area contributed by atoms with E-state index in [0.29, 0.717) is 12.8 Å². The zero-order valence-electron chi connectivity index (χ0n) is 8.79. The van der Waals surface area contributed by atoms with Gasteiger partial charge in [0.1, 0.15) is 5.78 Å². The maximum Gasteiger partial charge on any atom is 0.217 e. The van der Waals surface area contributed by atoms with Crippen molar-refractivity contribution in [3.8, 4) is 0 Å². The highest BCUT2D eigenvalue weighted by molar-refractivity contribution is 5.76. The summed E-state index contributed by atoms with van der Waals surface area (Å²) < 4.78 is 0. The topological polar surface area (TPSA) is 60.2 Å². The van der Waals surface area contributed by atoms with E-state index in [1.165, 1.54) is 0 Å². The summed E-state index contributed by atoms with van der Waals surface area (Å²) in [5.74, 6) is -0.0351. The van der Waals surface area contributed by atoms with Gasteiger partial charge in [0.15, 0.2) is 0 Å². The molecule has 0 aliphatic heterocycles. The molecule has 1 amide bonds. The Morgan fingerprint density at radius 1 is 1.14 bits per heavy atom. The number of amides is 1. The number of rotatable bonds is 8. The van der Waals surface area contributed by atoms with E-state index in [-0.39, 0.29) is 11.7 Å². The summed E-state index contributed by atoms with van der Waals surface area (Å²) in [6, 6.07) is 0. The van der Waals surface area contributed by atoms with Crippen molar-refractivity contribution >= 4 is 11.7 Å². The monoisotopic (exact) mass is 197 g/mol. The molecule has 0 rings (SSSR count). The van der Waals surface area contributed by atoms with Crippen molar-refractivity contribution in [3.63, 3.8) is 0 Å². The first-order valence-electron chi connectivity index (χ1n) is 5.05. The molecular formula is C11H19NO2. The average molecular weight is 197 g/mol. The van der Waals surface area contributed by atoms with E-state index in [0.717, 1.165) is 25.7 Å². The molecule has 80 valence electrons. The second kappa shape index (κ2) is 8.48. The van der Waals surface area contributed by atoms with Crippen LogP contribution in [0.5, 0.6) is 0 Å². The first-order valence-corrected chi connectivity index (χ1v) is 5.05. The van der Waals surface area contributed by atoms with E-state index < -0.39 is 0 Å². The molecule has 0 aliphatic carbocycles. The van der Waals surface area contributed by atoms with Gasteiger partial charge in [0, 0.05) is 12.8 Å². The van der Waals surface area contributed by atoms with Crippen molar-refractivity contribution < 1.29 is 9.59 Å². The molecule has 0 heterocycles. The third kappa shape index (κ3) is 10.9. The predicted octanol–water partition coefficient (Wildman–Crippen LogP) is 1.96. The van der Waals surface area contributed by atoms with Crippen LogP contribution in [0, 0.1) is 0 Å². The lowest BCUT2D eigenvalue weighted by atomic mass is 10.1. The van der Waals surface area contributed by atoms with Crippen molar-refractivity contribution in [3.05, 3.63) is 12.2 Å². The van der Waals surface area contributed by atoms with Gasteiger partial charge >= 0.3 is 0 Å². The number of carbonyl (C=O) groups excluding carboxylic acids is 2. The van der Waals surface area contributed by atoms with Gasteiger partial charge in [-0.1, -0.05) is 18.6 Å². The maximum absolute atomic E-state index is 10.6. The number of Topliss-reactive ketones (excluding diaryl/α,β-unsaturated/α-hetero) is 1. The molecule has 0 aromatic heterocycles. The second-order valence-corrected chi connectivity index (χ2v) is 3.44. The first-order chi connectivity index (χ1) is 6.63. The highest BCUT2D eigenvalue weighted by Gasteiger charge is 1.93. The average Bonchev–Trinajstić information content (AvgIpc) is 2.08. The fraction of sp³-hybridized carbons (Fsp3) is 0.636. The number of ketones is 1. The standard InChI is InChI=1S/C11H19NO2/c1-10(13)8-6-4-2-3-5-7-9-11(12)14/h4,6H,2-3,5,7-9H2,1H3,(H2,12,14). The van der Waals surface area contributed by atoms with Gasteiger partial charge in [-0.25, -0.2) is 0 Å². The van der Waals surface area contributed by atoms with Crippen LogP contribution < -0.4 is 5.73 Å². The van der Waals surface area contributed by atoms with Crippen LogP contribution in [0.15, 0.2) is 12.2 Å². The molecule has 0 radical (unpaired) electrons. The number of unbranched alkanes of at least 4 members (excludes halogenated alkanes) is 3. The lowest BCUT2D eigenvalue weighted by Crippen LogP contribution is -2.09. The highest BCUT2D eigenvalue weighted by Crippen LogP contribution is 2.03. The second-order valence-electron chi connectivity index (χ2n) is 3.44. The fourth-order valence-corrected chi connectivity index (χ4v) is 1.11. The molecule has 0 bridgehead atoms. The zero-order valence-corrected chi connectivity index (χ0v) is 8.79. The number of primary amides is 1. The Balaban J connectivity index is 3.17. The lowest BCUT2D eigenvalue weighted by Gasteiger charge is -1.95. The molecule has 3 nitrogen and oxygen atoms in total. The Labute approximate surface area is 85.4 Å². The van der Waals surface area contributed by atoms with Crippen molar-refractivity contribution in [1.82, 2.24) is 0 Å². The van der Waals surface area contributed by atoms with Crippen LogP contribution in [0.25, 0.3) is 0 Å². The molecule has 3 heteroatoms. The van der Waals surface area contributed by atoms with E-state index in [1.54, 1.807) is 6.92 Å². The number of hydrogen-bond acceptors (Lipinski definition) is 2. The maximum atomic E-state index is 10.6. The Morgan fingerprint density at radius 3 is 2.43 bits per heavy atom. The van der Waals surface area contributed by atoms with Gasteiger partial charge in [-0.2, -0.15) is 0 Å². The minimum absolute atomic E-state index is 0.190. The van der Waals surface area contributed by atoms with E-state index in [1.807, 2.05) is 12.2 Å². The number of hydrogen-bond donors (Lipinski definition) is 1. The molecule has 0 atom stereocenters. The Kier molecular flexibility index (Phi) is 7.80. The summed E-state index contributed by atoms with van der Waals surface area (Å²) in [5, 5.41) is 0. The van der Waals surface area contributed by atoms with Gasteiger partial charge in [0.05, 0.1) is 0 Å². The van der Waals surface area contributed by atoms with E-state index in [9.17, 15) is 9.59 Å². The summed E-state index contributed by atoms with van der Waals surface area (Å²) >= 11 is 0. The quantitative estimate of drug-likeness (QED) is 0.477.